The van der Waals surface area contributed by atoms with Gasteiger partial charge in [-0.05, 0) is 62.6 Å². The van der Waals surface area contributed by atoms with Gasteiger partial charge in [-0.3, -0.25) is 9.59 Å². The number of carbonyl (C=O) groups is 1. The number of aromatic amines is 1. The van der Waals surface area contributed by atoms with Crippen LogP contribution in [0.3, 0.4) is 0 Å². The van der Waals surface area contributed by atoms with Gasteiger partial charge in [0, 0.05) is 42.6 Å². The standard InChI is InChI=1S/C21H25N5O2/c27-19(16-11-14-3-1-2-4-17(14)24-20(16)28)23-15-8-10-26(12-15)21-22-9-7-18(25-21)13-5-6-13/h7,9,11,13,15H,1-6,8,10,12H2,(H,23,27)(H,24,28). The summed E-state index contributed by atoms with van der Waals surface area (Å²) in [7, 11) is 0. The van der Waals surface area contributed by atoms with Gasteiger partial charge in [-0.15, -0.1) is 0 Å². The molecular weight excluding hydrogens is 354 g/mol. The van der Waals surface area contributed by atoms with E-state index in [1.807, 2.05) is 12.3 Å². The molecule has 2 aromatic heterocycles. The zero-order chi connectivity index (χ0) is 19.1. The van der Waals surface area contributed by atoms with Crippen molar-refractivity contribution in [1.82, 2.24) is 20.3 Å². The summed E-state index contributed by atoms with van der Waals surface area (Å²) in [5.41, 5.74) is 3.17. The fourth-order valence-corrected chi connectivity index (χ4v) is 4.29. The molecule has 2 fully saturated rings. The predicted octanol–water partition coefficient (Wildman–Crippen LogP) is 1.93. The quantitative estimate of drug-likeness (QED) is 0.847. The summed E-state index contributed by atoms with van der Waals surface area (Å²) in [6.45, 7) is 1.47. The lowest BCUT2D eigenvalue weighted by atomic mass is 9.95. The molecule has 1 saturated heterocycles. The van der Waals surface area contributed by atoms with Crippen LogP contribution in [0.2, 0.25) is 0 Å². The molecule has 0 spiro atoms. The lowest BCUT2D eigenvalue weighted by molar-refractivity contribution is 0.0938. The summed E-state index contributed by atoms with van der Waals surface area (Å²) in [5, 5.41) is 3.04. The van der Waals surface area contributed by atoms with E-state index in [9.17, 15) is 9.59 Å². The highest BCUT2D eigenvalue weighted by molar-refractivity contribution is 5.94. The van der Waals surface area contributed by atoms with Crippen LogP contribution in [0.5, 0.6) is 0 Å². The summed E-state index contributed by atoms with van der Waals surface area (Å²) >= 11 is 0. The van der Waals surface area contributed by atoms with Crippen molar-refractivity contribution in [3.63, 3.8) is 0 Å². The second-order valence-electron chi connectivity index (χ2n) is 8.18. The van der Waals surface area contributed by atoms with Gasteiger partial charge in [-0.2, -0.15) is 0 Å². The van der Waals surface area contributed by atoms with E-state index < -0.39 is 0 Å². The van der Waals surface area contributed by atoms with Crippen molar-refractivity contribution in [3.8, 4) is 0 Å². The second kappa shape index (κ2) is 7.04. The Bertz CT molecular complexity index is 966. The van der Waals surface area contributed by atoms with Gasteiger partial charge in [-0.25, -0.2) is 9.97 Å². The molecule has 7 heteroatoms. The van der Waals surface area contributed by atoms with Crippen LogP contribution in [-0.2, 0) is 12.8 Å². The number of hydrogen-bond donors (Lipinski definition) is 2. The number of amides is 1. The minimum Gasteiger partial charge on any atom is -0.347 e. The molecule has 3 aliphatic rings. The smallest absolute Gasteiger partial charge is 0.261 e. The van der Waals surface area contributed by atoms with Crippen molar-refractivity contribution in [3.05, 3.63) is 51.2 Å². The number of aryl methyl sites for hydroxylation is 2. The molecule has 1 unspecified atom stereocenters. The highest BCUT2D eigenvalue weighted by atomic mass is 16.2. The maximum atomic E-state index is 12.7. The number of anilines is 1. The first-order chi connectivity index (χ1) is 13.7. The third-order valence-electron chi connectivity index (χ3n) is 6.05. The number of pyridine rings is 1. The maximum Gasteiger partial charge on any atom is 0.261 e. The summed E-state index contributed by atoms with van der Waals surface area (Å²) in [6.07, 6.45) is 9.10. The average Bonchev–Trinajstić information content (AvgIpc) is 3.47. The number of H-pyrrole nitrogens is 1. The first-order valence-electron chi connectivity index (χ1n) is 10.3. The van der Waals surface area contributed by atoms with Crippen LogP contribution >= 0.6 is 0 Å². The third kappa shape index (κ3) is 3.41. The monoisotopic (exact) mass is 379 g/mol. The lowest BCUT2D eigenvalue weighted by Crippen LogP contribution is -2.40. The molecule has 1 atom stereocenters. The molecule has 1 aliphatic heterocycles. The molecule has 0 aromatic carbocycles. The van der Waals surface area contributed by atoms with Crippen LogP contribution in [0.25, 0.3) is 0 Å². The molecule has 146 valence electrons. The normalized spacial score (nSPS) is 21.4. The van der Waals surface area contributed by atoms with Crippen molar-refractivity contribution in [2.24, 2.45) is 0 Å². The Balaban J connectivity index is 1.26. The first-order valence-corrected chi connectivity index (χ1v) is 10.3. The molecule has 1 amide bonds. The van der Waals surface area contributed by atoms with Crippen LogP contribution in [0.1, 0.15) is 65.3 Å². The van der Waals surface area contributed by atoms with E-state index in [2.05, 4.69) is 20.2 Å². The van der Waals surface area contributed by atoms with E-state index in [0.717, 1.165) is 61.5 Å². The van der Waals surface area contributed by atoms with E-state index in [0.29, 0.717) is 12.5 Å². The molecule has 5 rings (SSSR count). The largest absolute Gasteiger partial charge is 0.347 e. The number of nitrogens with one attached hydrogen (secondary N) is 2. The third-order valence-corrected chi connectivity index (χ3v) is 6.05. The SMILES string of the molecule is O=C(NC1CCN(c2nccc(C3CC3)n2)C1)c1cc2c([nH]c1=O)CCCC2. The molecule has 2 N–H and O–H groups in total. The van der Waals surface area contributed by atoms with Gasteiger partial charge in [0.05, 0.1) is 0 Å². The molecule has 2 aliphatic carbocycles. The Kier molecular flexibility index (Phi) is 4.37. The first kappa shape index (κ1) is 17.4. The number of hydrogen-bond acceptors (Lipinski definition) is 5. The van der Waals surface area contributed by atoms with Crippen molar-refractivity contribution >= 4 is 11.9 Å². The van der Waals surface area contributed by atoms with Gasteiger partial charge in [0.1, 0.15) is 5.56 Å². The Morgan fingerprint density at radius 2 is 2.07 bits per heavy atom. The average molecular weight is 379 g/mol. The minimum atomic E-state index is -0.284. The van der Waals surface area contributed by atoms with Crippen molar-refractivity contribution in [2.45, 2.75) is 56.9 Å². The van der Waals surface area contributed by atoms with Gasteiger partial charge < -0.3 is 15.2 Å². The molecule has 0 bridgehead atoms. The highest BCUT2D eigenvalue weighted by Crippen LogP contribution is 2.39. The van der Waals surface area contributed by atoms with E-state index in [4.69, 9.17) is 4.98 Å². The molecule has 3 heterocycles. The van der Waals surface area contributed by atoms with Crippen LogP contribution < -0.4 is 15.8 Å². The Hall–Kier alpha value is -2.70. The summed E-state index contributed by atoms with van der Waals surface area (Å²) in [5.74, 6) is 1.05. The molecular formula is C21H25N5O2. The zero-order valence-electron chi connectivity index (χ0n) is 15.9. The lowest BCUT2D eigenvalue weighted by Gasteiger charge is -2.18. The molecule has 2 aromatic rings. The van der Waals surface area contributed by atoms with E-state index in [1.54, 1.807) is 6.07 Å². The number of aromatic nitrogens is 3. The van der Waals surface area contributed by atoms with E-state index >= 15 is 0 Å². The second-order valence-corrected chi connectivity index (χ2v) is 8.18. The topological polar surface area (TPSA) is 91.0 Å². The number of nitrogens with zero attached hydrogens (tertiary/aromatic N) is 3. The van der Waals surface area contributed by atoms with Gasteiger partial charge in [0.2, 0.25) is 5.95 Å². The molecule has 0 radical (unpaired) electrons. The number of rotatable bonds is 4. The van der Waals surface area contributed by atoms with Crippen molar-refractivity contribution in [1.29, 1.82) is 0 Å². The van der Waals surface area contributed by atoms with Crippen LogP contribution in [0, 0.1) is 0 Å². The Morgan fingerprint density at radius 3 is 2.93 bits per heavy atom. The van der Waals surface area contributed by atoms with Crippen LogP contribution in [0.4, 0.5) is 5.95 Å². The molecule has 7 nitrogen and oxygen atoms in total. The summed E-state index contributed by atoms with van der Waals surface area (Å²) in [6, 6.07) is 3.78. The van der Waals surface area contributed by atoms with Gasteiger partial charge in [0.25, 0.3) is 11.5 Å². The summed E-state index contributed by atoms with van der Waals surface area (Å²) in [4.78, 5) is 39.2. The van der Waals surface area contributed by atoms with Gasteiger partial charge >= 0.3 is 0 Å². The fourth-order valence-electron chi connectivity index (χ4n) is 4.29. The van der Waals surface area contributed by atoms with E-state index in [-0.39, 0.29) is 23.1 Å². The van der Waals surface area contributed by atoms with Gasteiger partial charge in [0.15, 0.2) is 0 Å². The zero-order valence-corrected chi connectivity index (χ0v) is 15.9. The van der Waals surface area contributed by atoms with Crippen molar-refractivity contribution < 1.29 is 4.79 Å². The maximum absolute atomic E-state index is 12.7. The molecule has 1 saturated carbocycles. The number of carbonyl (C=O) groups excluding carboxylic acids is 1. The number of fused-ring (bicyclic) bond motifs is 1. The van der Waals surface area contributed by atoms with Crippen LogP contribution in [0.15, 0.2) is 23.1 Å². The highest BCUT2D eigenvalue weighted by Gasteiger charge is 2.29. The van der Waals surface area contributed by atoms with E-state index in [1.165, 1.54) is 12.8 Å². The fraction of sp³-hybridized carbons (Fsp3) is 0.524. The minimum absolute atomic E-state index is 0.00360. The van der Waals surface area contributed by atoms with Crippen molar-refractivity contribution in [2.75, 3.05) is 18.0 Å². The predicted molar refractivity (Wildman–Crippen MR) is 106 cm³/mol. The summed E-state index contributed by atoms with van der Waals surface area (Å²) < 4.78 is 0. The molecule has 28 heavy (non-hydrogen) atoms. The van der Waals surface area contributed by atoms with Gasteiger partial charge in [-0.1, -0.05) is 0 Å². The Labute approximate surface area is 163 Å². The van der Waals surface area contributed by atoms with Crippen LogP contribution in [-0.4, -0.2) is 40.0 Å². The Morgan fingerprint density at radius 1 is 1.21 bits per heavy atom.